The average Bonchev–Trinajstić information content (AvgIpc) is 2.98. The molecule has 0 aliphatic carbocycles. The molecule has 1 aromatic rings. The first-order valence-corrected chi connectivity index (χ1v) is 8.51. The van der Waals surface area contributed by atoms with E-state index in [1.807, 2.05) is 41.8 Å². The molecule has 1 aromatic carbocycles. The molecule has 1 fully saturated rings. The third kappa shape index (κ3) is 3.33. The number of carbonyl (C=O) groups excluding carboxylic acids is 2. The van der Waals surface area contributed by atoms with E-state index < -0.39 is 0 Å². The molecule has 1 N–H and O–H groups in total. The van der Waals surface area contributed by atoms with Crippen LogP contribution in [0, 0.1) is 5.92 Å². The van der Waals surface area contributed by atoms with Gasteiger partial charge in [-0.25, -0.2) is 4.79 Å². The van der Waals surface area contributed by atoms with Crippen LogP contribution < -0.4 is 10.2 Å². The number of benzene rings is 1. The minimum Gasteiger partial charge on any atom is -0.351 e. The van der Waals surface area contributed by atoms with E-state index in [0.29, 0.717) is 6.54 Å². The van der Waals surface area contributed by atoms with Crippen LogP contribution in [0.1, 0.15) is 32.3 Å². The normalized spacial score (nSPS) is 20.6. The monoisotopic (exact) mass is 315 g/mol. The molecular formula is C18H25N3O2. The van der Waals surface area contributed by atoms with Gasteiger partial charge in [0.05, 0.1) is 0 Å². The number of urea groups is 1. The zero-order chi connectivity index (χ0) is 16.4. The molecule has 0 bridgehead atoms. The number of carbonyl (C=O) groups is 2. The van der Waals surface area contributed by atoms with Crippen LogP contribution in [0.25, 0.3) is 0 Å². The van der Waals surface area contributed by atoms with Crippen molar-refractivity contribution in [2.24, 2.45) is 5.92 Å². The molecule has 2 aliphatic rings. The van der Waals surface area contributed by atoms with Crippen LogP contribution in [0.15, 0.2) is 24.3 Å². The minimum absolute atomic E-state index is 0.0217. The van der Waals surface area contributed by atoms with Crippen molar-refractivity contribution in [2.75, 3.05) is 24.5 Å². The van der Waals surface area contributed by atoms with Crippen LogP contribution in [0.3, 0.4) is 0 Å². The average molecular weight is 315 g/mol. The molecule has 2 aliphatic heterocycles. The second kappa shape index (κ2) is 6.60. The van der Waals surface area contributed by atoms with Crippen LogP contribution >= 0.6 is 0 Å². The molecule has 5 nitrogen and oxygen atoms in total. The molecular weight excluding hydrogens is 290 g/mol. The number of nitrogens with one attached hydrogen (secondary N) is 1. The number of anilines is 1. The summed E-state index contributed by atoms with van der Waals surface area (Å²) in [5, 5.41) is 3.06. The molecule has 3 rings (SSSR count). The Bertz CT molecular complexity index is 600. The van der Waals surface area contributed by atoms with Gasteiger partial charge in [-0.05, 0) is 30.9 Å². The maximum Gasteiger partial charge on any atom is 0.324 e. The van der Waals surface area contributed by atoms with Crippen molar-refractivity contribution in [1.29, 1.82) is 0 Å². The summed E-state index contributed by atoms with van der Waals surface area (Å²) in [5.74, 6) is 0.0438. The number of likely N-dealkylation sites (tertiary alicyclic amines) is 1. The van der Waals surface area contributed by atoms with Crippen molar-refractivity contribution < 1.29 is 9.59 Å². The van der Waals surface area contributed by atoms with Crippen LogP contribution in [-0.4, -0.2) is 42.5 Å². The molecule has 1 atom stereocenters. The molecule has 0 spiro atoms. The predicted octanol–water partition coefficient (Wildman–Crippen LogP) is 2.41. The largest absolute Gasteiger partial charge is 0.351 e. The van der Waals surface area contributed by atoms with E-state index in [0.717, 1.165) is 38.0 Å². The SMILES string of the molecule is CC(C)C(=O)N[C@@H]1CCCN(C(=O)N2CCc3ccccc32)C1. The zero-order valence-electron chi connectivity index (χ0n) is 13.9. The summed E-state index contributed by atoms with van der Waals surface area (Å²) < 4.78 is 0. The summed E-state index contributed by atoms with van der Waals surface area (Å²) in [6.45, 7) is 5.91. The lowest BCUT2D eigenvalue weighted by Gasteiger charge is -2.36. The first-order chi connectivity index (χ1) is 11.1. The summed E-state index contributed by atoms with van der Waals surface area (Å²) >= 11 is 0. The van der Waals surface area contributed by atoms with Gasteiger partial charge in [0.25, 0.3) is 0 Å². The van der Waals surface area contributed by atoms with Gasteiger partial charge in [0.1, 0.15) is 0 Å². The lowest BCUT2D eigenvalue weighted by molar-refractivity contribution is -0.125. The van der Waals surface area contributed by atoms with Crippen molar-refractivity contribution in [3.63, 3.8) is 0 Å². The highest BCUT2D eigenvalue weighted by molar-refractivity contribution is 5.94. The number of hydrogen-bond donors (Lipinski definition) is 1. The molecule has 1 saturated heterocycles. The molecule has 3 amide bonds. The van der Waals surface area contributed by atoms with Crippen LogP contribution in [0.4, 0.5) is 10.5 Å². The van der Waals surface area contributed by atoms with Gasteiger partial charge in [-0.3, -0.25) is 9.69 Å². The smallest absolute Gasteiger partial charge is 0.324 e. The van der Waals surface area contributed by atoms with Gasteiger partial charge in [-0.15, -0.1) is 0 Å². The van der Waals surface area contributed by atoms with E-state index in [4.69, 9.17) is 0 Å². The Balaban J connectivity index is 1.65. The van der Waals surface area contributed by atoms with Gasteiger partial charge in [0, 0.05) is 37.3 Å². The van der Waals surface area contributed by atoms with Crippen LogP contribution in [-0.2, 0) is 11.2 Å². The molecule has 0 aromatic heterocycles. The van der Waals surface area contributed by atoms with Crippen molar-refractivity contribution >= 4 is 17.6 Å². The van der Waals surface area contributed by atoms with E-state index in [2.05, 4.69) is 11.4 Å². The summed E-state index contributed by atoms with van der Waals surface area (Å²) in [5.41, 5.74) is 2.27. The van der Waals surface area contributed by atoms with Gasteiger partial charge in [-0.2, -0.15) is 0 Å². The number of fused-ring (bicyclic) bond motifs is 1. The van der Waals surface area contributed by atoms with E-state index in [1.54, 1.807) is 0 Å². The summed E-state index contributed by atoms with van der Waals surface area (Å²) in [7, 11) is 0. The van der Waals surface area contributed by atoms with Gasteiger partial charge < -0.3 is 10.2 Å². The third-order valence-corrected chi connectivity index (χ3v) is 4.68. The Hall–Kier alpha value is -2.04. The van der Waals surface area contributed by atoms with Crippen molar-refractivity contribution in [1.82, 2.24) is 10.2 Å². The van der Waals surface area contributed by atoms with Gasteiger partial charge in [0.15, 0.2) is 0 Å². The molecule has 0 unspecified atom stereocenters. The summed E-state index contributed by atoms with van der Waals surface area (Å²) in [6, 6.07) is 8.24. The fourth-order valence-corrected chi connectivity index (χ4v) is 3.34. The van der Waals surface area contributed by atoms with Crippen LogP contribution in [0.5, 0.6) is 0 Å². The molecule has 23 heavy (non-hydrogen) atoms. The Morgan fingerprint density at radius 1 is 1.22 bits per heavy atom. The van der Waals surface area contributed by atoms with Crippen molar-refractivity contribution in [3.8, 4) is 0 Å². The van der Waals surface area contributed by atoms with E-state index in [1.165, 1.54) is 5.56 Å². The van der Waals surface area contributed by atoms with Crippen molar-refractivity contribution in [2.45, 2.75) is 39.2 Å². The lowest BCUT2D eigenvalue weighted by atomic mass is 10.0. The number of amides is 3. The first-order valence-electron chi connectivity index (χ1n) is 8.51. The van der Waals surface area contributed by atoms with E-state index in [-0.39, 0.29) is 23.9 Å². The minimum atomic E-state index is -0.0217. The number of nitrogens with zero attached hydrogens (tertiary/aromatic N) is 2. The molecule has 5 heteroatoms. The fourth-order valence-electron chi connectivity index (χ4n) is 3.34. The molecule has 0 saturated carbocycles. The van der Waals surface area contributed by atoms with Gasteiger partial charge >= 0.3 is 6.03 Å². The highest BCUT2D eigenvalue weighted by atomic mass is 16.2. The zero-order valence-corrected chi connectivity index (χ0v) is 13.9. The Kier molecular flexibility index (Phi) is 4.55. The summed E-state index contributed by atoms with van der Waals surface area (Å²) in [4.78, 5) is 28.5. The molecule has 2 heterocycles. The van der Waals surface area contributed by atoms with Gasteiger partial charge in [0.2, 0.25) is 5.91 Å². The highest BCUT2D eigenvalue weighted by Crippen LogP contribution is 2.29. The number of rotatable bonds is 2. The topological polar surface area (TPSA) is 52.7 Å². The molecule has 0 radical (unpaired) electrons. The van der Waals surface area contributed by atoms with Crippen LogP contribution in [0.2, 0.25) is 0 Å². The quantitative estimate of drug-likeness (QED) is 0.911. The standard InChI is InChI=1S/C18H25N3O2/c1-13(2)17(22)19-15-7-5-10-20(12-15)18(23)21-11-9-14-6-3-4-8-16(14)21/h3-4,6,8,13,15H,5,7,9-12H2,1-2H3,(H,19,22)/t15-/m1/s1. The number of piperidine rings is 1. The Morgan fingerprint density at radius 3 is 2.78 bits per heavy atom. The summed E-state index contributed by atoms with van der Waals surface area (Å²) in [6.07, 6.45) is 2.80. The highest BCUT2D eigenvalue weighted by Gasteiger charge is 2.31. The maximum absolute atomic E-state index is 12.9. The first kappa shape index (κ1) is 15.8. The van der Waals surface area contributed by atoms with E-state index >= 15 is 0 Å². The lowest BCUT2D eigenvalue weighted by Crippen LogP contribution is -2.53. The van der Waals surface area contributed by atoms with Crippen molar-refractivity contribution in [3.05, 3.63) is 29.8 Å². The maximum atomic E-state index is 12.9. The fraction of sp³-hybridized carbons (Fsp3) is 0.556. The third-order valence-electron chi connectivity index (χ3n) is 4.68. The van der Waals surface area contributed by atoms with E-state index in [9.17, 15) is 9.59 Å². The second-order valence-corrected chi connectivity index (χ2v) is 6.76. The number of hydrogen-bond acceptors (Lipinski definition) is 2. The Morgan fingerprint density at radius 2 is 2.00 bits per heavy atom. The molecule has 124 valence electrons. The number of para-hydroxylation sites is 1. The Labute approximate surface area is 137 Å². The predicted molar refractivity (Wildman–Crippen MR) is 90.5 cm³/mol. The van der Waals surface area contributed by atoms with Gasteiger partial charge in [-0.1, -0.05) is 32.0 Å². The second-order valence-electron chi connectivity index (χ2n) is 6.76.